The first kappa shape index (κ1) is 18.6. The van der Waals surface area contributed by atoms with Crippen LogP contribution in [0.4, 0.5) is 0 Å². The SMILES string of the molecule is CCC[C@@H](OS(N)(=O)=O)[C@@H](Cc1ccccc1)C(=O)OCC. The first-order valence-corrected chi connectivity index (χ1v) is 8.76. The lowest BCUT2D eigenvalue weighted by Crippen LogP contribution is -2.37. The minimum atomic E-state index is -4.14. The summed E-state index contributed by atoms with van der Waals surface area (Å²) in [6, 6.07) is 9.31. The van der Waals surface area contributed by atoms with Gasteiger partial charge in [-0.2, -0.15) is 8.42 Å². The quantitative estimate of drug-likeness (QED) is 0.697. The molecule has 0 spiro atoms. The van der Waals surface area contributed by atoms with E-state index in [1.54, 1.807) is 6.92 Å². The molecule has 124 valence electrons. The van der Waals surface area contributed by atoms with Crippen molar-refractivity contribution in [1.29, 1.82) is 0 Å². The molecule has 0 unspecified atom stereocenters. The molecule has 6 nitrogen and oxygen atoms in total. The Morgan fingerprint density at radius 1 is 1.23 bits per heavy atom. The van der Waals surface area contributed by atoms with Crippen LogP contribution in [0, 0.1) is 5.92 Å². The van der Waals surface area contributed by atoms with Crippen molar-refractivity contribution in [2.24, 2.45) is 11.1 Å². The molecule has 0 fully saturated rings. The molecule has 0 aromatic heterocycles. The van der Waals surface area contributed by atoms with Crippen molar-refractivity contribution in [3.05, 3.63) is 35.9 Å². The topological polar surface area (TPSA) is 95.7 Å². The van der Waals surface area contributed by atoms with Crippen LogP contribution < -0.4 is 5.14 Å². The van der Waals surface area contributed by atoms with Gasteiger partial charge in [0, 0.05) is 0 Å². The molecule has 22 heavy (non-hydrogen) atoms. The molecule has 0 saturated carbocycles. The van der Waals surface area contributed by atoms with Crippen LogP contribution in [0.25, 0.3) is 0 Å². The third-order valence-corrected chi connectivity index (χ3v) is 3.68. The Kier molecular flexibility index (Phi) is 7.50. The summed E-state index contributed by atoms with van der Waals surface area (Å²) in [5.41, 5.74) is 0.902. The lowest BCUT2D eigenvalue weighted by Gasteiger charge is -2.24. The van der Waals surface area contributed by atoms with Crippen molar-refractivity contribution in [2.45, 2.75) is 39.2 Å². The van der Waals surface area contributed by atoms with E-state index in [1.807, 2.05) is 37.3 Å². The van der Waals surface area contributed by atoms with Gasteiger partial charge in [-0.25, -0.2) is 5.14 Å². The Hall–Kier alpha value is -1.44. The van der Waals surface area contributed by atoms with Crippen LogP contribution in [-0.2, 0) is 30.4 Å². The van der Waals surface area contributed by atoms with Crippen molar-refractivity contribution in [3.8, 4) is 0 Å². The van der Waals surface area contributed by atoms with Crippen LogP contribution in [0.1, 0.15) is 32.3 Å². The van der Waals surface area contributed by atoms with Crippen molar-refractivity contribution in [3.63, 3.8) is 0 Å². The van der Waals surface area contributed by atoms with Gasteiger partial charge in [0.25, 0.3) is 0 Å². The second kappa shape index (κ2) is 8.87. The minimum absolute atomic E-state index is 0.221. The molecule has 0 aliphatic rings. The third-order valence-electron chi connectivity index (χ3n) is 3.17. The van der Waals surface area contributed by atoms with Gasteiger partial charge in [-0.15, -0.1) is 0 Å². The number of nitrogens with two attached hydrogens (primary N) is 1. The molecule has 0 saturated heterocycles. The van der Waals surface area contributed by atoms with Gasteiger partial charge in [0.1, 0.15) is 0 Å². The summed E-state index contributed by atoms with van der Waals surface area (Å²) in [4.78, 5) is 12.2. The average molecular weight is 329 g/mol. The largest absolute Gasteiger partial charge is 0.466 e. The van der Waals surface area contributed by atoms with Crippen molar-refractivity contribution in [1.82, 2.24) is 0 Å². The third kappa shape index (κ3) is 6.55. The predicted octanol–water partition coefficient (Wildman–Crippen LogP) is 1.80. The Bertz CT molecular complexity index is 559. The highest BCUT2D eigenvalue weighted by atomic mass is 32.2. The number of hydrogen-bond acceptors (Lipinski definition) is 5. The minimum Gasteiger partial charge on any atom is -0.466 e. The number of benzene rings is 1. The Labute approximate surface area is 131 Å². The van der Waals surface area contributed by atoms with Crippen LogP contribution in [0.5, 0.6) is 0 Å². The zero-order valence-corrected chi connectivity index (χ0v) is 13.7. The molecule has 0 aliphatic carbocycles. The van der Waals surface area contributed by atoms with E-state index in [2.05, 4.69) is 0 Å². The van der Waals surface area contributed by atoms with Crippen molar-refractivity contribution < 1.29 is 22.1 Å². The van der Waals surface area contributed by atoms with E-state index >= 15 is 0 Å². The van der Waals surface area contributed by atoms with E-state index in [-0.39, 0.29) is 6.61 Å². The maximum absolute atomic E-state index is 12.2. The first-order chi connectivity index (χ1) is 10.4. The van der Waals surface area contributed by atoms with Crippen LogP contribution >= 0.6 is 0 Å². The number of rotatable bonds is 9. The smallest absolute Gasteiger partial charge is 0.333 e. The number of carbonyl (C=O) groups is 1. The number of carbonyl (C=O) groups excluding carboxylic acids is 1. The molecule has 2 atom stereocenters. The van der Waals surface area contributed by atoms with Gasteiger partial charge in [0.05, 0.1) is 18.6 Å². The fraction of sp³-hybridized carbons (Fsp3) is 0.533. The second-order valence-electron chi connectivity index (χ2n) is 4.96. The molecule has 0 heterocycles. The maximum Gasteiger partial charge on any atom is 0.333 e. The van der Waals surface area contributed by atoms with E-state index in [1.165, 1.54) is 0 Å². The summed E-state index contributed by atoms with van der Waals surface area (Å²) < 4.78 is 32.5. The van der Waals surface area contributed by atoms with E-state index < -0.39 is 28.3 Å². The number of esters is 1. The summed E-state index contributed by atoms with van der Waals surface area (Å²) in [7, 11) is -4.14. The normalized spacial score (nSPS) is 14.3. The molecule has 1 rings (SSSR count). The Morgan fingerprint density at radius 2 is 1.86 bits per heavy atom. The van der Waals surface area contributed by atoms with Gasteiger partial charge in [-0.05, 0) is 25.3 Å². The molecule has 2 N–H and O–H groups in total. The highest BCUT2D eigenvalue weighted by Crippen LogP contribution is 2.22. The Morgan fingerprint density at radius 3 is 2.36 bits per heavy atom. The molecule has 7 heteroatoms. The molecule has 1 aromatic carbocycles. The predicted molar refractivity (Wildman–Crippen MR) is 83.2 cm³/mol. The van der Waals surface area contributed by atoms with Crippen molar-refractivity contribution in [2.75, 3.05) is 6.61 Å². The van der Waals surface area contributed by atoms with Gasteiger partial charge < -0.3 is 4.74 Å². The molecular weight excluding hydrogens is 306 g/mol. The molecule has 1 aromatic rings. The summed E-state index contributed by atoms with van der Waals surface area (Å²) in [5, 5.41) is 4.97. The molecule has 0 bridgehead atoms. The monoisotopic (exact) mass is 329 g/mol. The Balaban J connectivity index is 3.01. The fourth-order valence-electron chi connectivity index (χ4n) is 2.26. The highest BCUT2D eigenvalue weighted by molar-refractivity contribution is 7.84. The summed E-state index contributed by atoms with van der Waals surface area (Å²) in [5.74, 6) is -1.20. The van der Waals surface area contributed by atoms with Crippen LogP contribution in [-0.4, -0.2) is 27.1 Å². The molecule has 0 aliphatic heterocycles. The van der Waals surface area contributed by atoms with Gasteiger partial charge in [0.2, 0.25) is 0 Å². The molecular formula is C15H23NO5S. The lowest BCUT2D eigenvalue weighted by molar-refractivity contribution is -0.151. The van der Waals surface area contributed by atoms with Crippen molar-refractivity contribution >= 4 is 16.3 Å². The lowest BCUT2D eigenvalue weighted by atomic mass is 9.91. The van der Waals surface area contributed by atoms with Gasteiger partial charge in [-0.1, -0.05) is 43.7 Å². The zero-order valence-electron chi connectivity index (χ0n) is 12.9. The summed E-state index contributed by atoms with van der Waals surface area (Å²) >= 11 is 0. The first-order valence-electron chi connectivity index (χ1n) is 7.29. The van der Waals surface area contributed by atoms with Crippen LogP contribution in [0.15, 0.2) is 30.3 Å². The van der Waals surface area contributed by atoms with E-state index in [4.69, 9.17) is 14.1 Å². The maximum atomic E-state index is 12.2. The molecule has 0 radical (unpaired) electrons. The summed E-state index contributed by atoms with van der Waals surface area (Å²) in [6.45, 7) is 3.80. The van der Waals surface area contributed by atoms with E-state index in [9.17, 15) is 13.2 Å². The number of hydrogen-bond donors (Lipinski definition) is 1. The fourth-order valence-corrected chi connectivity index (χ4v) is 2.83. The van der Waals surface area contributed by atoms with Gasteiger partial charge >= 0.3 is 16.3 Å². The van der Waals surface area contributed by atoms with Gasteiger partial charge in [0.15, 0.2) is 0 Å². The summed E-state index contributed by atoms with van der Waals surface area (Å²) in [6.07, 6.45) is 0.552. The zero-order chi connectivity index (χ0) is 16.6. The van der Waals surface area contributed by atoms with Gasteiger partial charge in [-0.3, -0.25) is 8.98 Å². The highest BCUT2D eigenvalue weighted by Gasteiger charge is 2.32. The molecule has 0 amide bonds. The van der Waals surface area contributed by atoms with E-state index in [0.29, 0.717) is 19.3 Å². The van der Waals surface area contributed by atoms with Crippen LogP contribution in [0.2, 0.25) is 0 Å². The average Bonchev–Trinajstić information content (AvgIpc) is 2.44. The standard InChI is InChI=1S/C15H23NO5S/c1-3-8-14(21-22(16,18)19)13(15(17)20-4-2)11-12-9-6-5-7-10-12/h5-7,9-10,13-14H,3-4,8,11H2,1-2H3,(H2,16,18,19)/t13-,14-/m1/s1. The second-order valence-corrected chi connectivity index (χ2v) is 6.14. The van der Waals surface area contributed by atoms with Crippen LogP contribution in [0.3, 0.4) is 0 Å². The number of ether oxygens (including phenoxy) is 1. The van der Waals surface area contributed by atoms with E-state index in [0.717, 1.165) is 5.56 Å².